The minimum atomic E-state index is -4.40. The van der Waals surface area contributed by atoms with Crippen LogP contribution >= 0.6 is 11.3 Å². The van der Waals surface area contributed by atoms with Crippen LogP contribution in [0.1, 0.15) is 33.1 Å². The number of benzene rings is 1. The molecule has 1 aromatic carbocycles. The number of hydrazine groups is 1. The Balaban J connectivity index is 1.57. The van der Waals surface area contributed by atoms with Crippen molar-refractivity contribution in [1.29, 1.82) is 0 Å². The fraction of sp³-hybridized carbons (Fsp3) is 0.211. The number of aryl methyl sites for hydroxylation is 2. The highest BCUT2D eigenvalue weighted by Gasteiger charge is 2.30. The number of hydrogen-bond donors (Lipinski definition) is 2. The summed E-state index contributed by atoms with van der Waals surface area (Å²) in [5.41, 5.74) is 5.14. The van der Waals surface area contributed by atoms with Crippen molar-refractivity contribution in [3.05, 3.63) is 64.1 Å². The maximum absolute atomic E-state index is 12.6. The number of furan rings is 1. The molecule has 0 bridgehead atoms. The third-order valence-corrected chi connectivity index (χ3v) is 4.89. The van der Waals surface area contributed by atoms with Gasteiger partial charge in [-0.05, 0) is 32.0 Å². The first kappa shape index (κ1) is 20.6. The van der Waals surface area contributed by atoms with Crippen LogP contribution in [0.25, 0.3) is 10.6 Å². The van der Waals surface area contributed by atoms with Gasteiger partial charge in [0.05, 0.1) is 23.2 Å². The van der Waals surface area contributed by atoms with Gasteiger partial charge in [-0.25, -0.2) is 4.98 Å². The molecule has 0 aliphatic heterocycles. The molecule has 0 atom stereocenters. The summed E-state index contributed by atoms with van der Waals surface area (Å²) in [6.07, 6.45) is -4.50. The number of thiazole rings is 1. The standard InChI is InChI=1S/C19H16F3N3O3S/c1-10-7-15(11(2)28-10)17(27)25-24-16(26)8-14-9-29-18(23-14)12-3-5-13(6-4-12)19(20,21)22/h3-7,9H,8H2,1-2H3,(H,24,26)(H,25,27). The quantitative estimate of drug-likeness (QED) is 0.621. The Bertz CT molecular complexity index is 1040. The van der Waals surface area contributed by atoms with Crippen molar-refractivity contribution in [2.75, 3.05) is 0 Å². The fourth-order valence-electron chi connectivity index (χ4n) is 2.58. The van der Waals surface area contributed by atoms with E-state index in [9.17, 15) is 22.8 Å². The van der Waals surface area contributed by atoms with Crippen LogP contribution in [0.5, 0.6) is 0 Å². The maximum Gasteiger partial charge on any atom is 0.416 e. The van der Waals surface area contributed by atoms with Crippen molar-refractivity contribution >= 4 is 23.2 Å². The molecule has 10 heteroatoms. The predicted octanol–water partition coefficient (Wildman–Crippen LogP) is 4.04. The highest BCUT2D eigenvalue weighted by molar-refractivity contribution is 7.13. The SMILES string of the molecule is Cc1cc(C(=O)NNC(=O)Cc2csc(-c3ccc(C(F)(F)F)cc3)n2)c(C)o1. The average molecular weight is 423 g/mol. The Morgan fingerprint density at radius 3 is 2.41 bits per heavy atom. The van der Waals surface area contributed by atoms with E-state index in [4.69, 9.17) is 4.42 Å². The number of nitrogens with zero attached hydrogens (tertiary/aromatic N) is 1. The lowest BCUT2D eigenvalue weighted by Gasteiger charge is -2.06. The lowest BCUT2D eigenvalue weighted by Crippen LogP contribution is -2.42. The normalized spacial score (nSPS) is 11.3. The second kappa shape index (κ2) is 8.08. The van der Waals surface area contributed by atoms with Crippen molar-refractivity contribution in [2.45, 2.75) is 26.4 Å². The number of carbonyl (C=O) groups excluding carboxylic acids is 2. The average Bonchev–Trinajstić information content (AvgIpc) is 3.25. The van der Waals surface area contributed by atoms with Crippen molar-refractivity contribution < 1.29 is 27.2 Å². The highest BCUT2D eigenvalue weighted by Crippen LogP contribution is 2.31. The molecule has 3 aromatic rings. The second-order valence-electron chi connectivity index (χ2n) is 6.23. The number of rotatable bonds is 4. The number of amides is 2. The van der Waals surface area contributed by atoms with Crippen molar-refractivity contribution in [3.8, 4) is 10.6 Å². The van der Waals surface area contributed by atoms with Crippen molar-refractivity contribution in [1.82, 2.24) is 15.8 Å². The highest BCUT2D eigenvalue weighted by atomic mass is 32.1. The van der Waals surface area contributed by atoms with Gasteiger partial charge in [0.15, 0.2) is 0 Å². The van der Waals surface area contributed by atoms with E-state index in [1.807, 2.05) is 0 Å². The Morgan fingerprint density at radius 1 is 1.14 bits per heavy atom. The van der Waals surface area contributed by atoms with Gasteiger partial charge in [-0.2, -0.15) is 13.2 Å². The lowest BCUT2D eigenvalue weighted by atomic mass is 10.1. The minimum absolute atomic E-state index is 0.0964. The molecule has 0 radical (unpaired) electrons. The Hall–Kier alpha value is -3.14. The number of carbonyl (C=O) groups is 2. The van der Waals surface area contributed by atoms with Gasteiger partial charge in [-0.1, -0.05) is 12.1 Å². The largest absolute Gasteiger partial charge is 0.466 e. The van der Waals surface area contributed by atoms with E-state index < -0.39 is 23.6 Å². The maximum atomic E-state index is 12.6. The molecular formula is C19H16F3N3O3S. The van der Waals surface area contributed by atoms with Crippen LogP contribution in [0.4, 0.5) is 13.2 Å². The van der Waals surface area contributed by atoms with Crippen LogP contribution in [-0.2, 0) is 17.4 Å². The molecule has 6 nitrogen and oxygen atoms in total. The number of aromatic nitrogens is 1. The fourth-order valence-corrected chi connectivity index (χ4v) is 3.41. The van der Waals surface area contributed by atoms with E-state index in [2.05, 4.69) is 15.8 Å². The summed E-state index contributed by atoms with van der Waals surface area (Å²) in [6.45, 7) is 3.35. The summed E-state index contributed by atoms with van der Waals surface area (Å²) < 4.78 is 43.2. The van der Waals surface area contributed by atoms with Gasteiger partial charge in [0.25, 0.3) is 5.91 Å². The van der Waals surface area contributed by atoms with Crippen LogP contribution in [0.3, 0.4) is 0 Å². The van der Waals surface area contributed by atoms with Crippen molar-refractivity contribution in [3.63, 3.8) is 0 Å². The summed E-state index contributed by atoms with van der Waals surface area (Å²) in [7, 11) is 0. The van der Waals surface area contributed by atoms with E-state index in [0.717, 1.165) is 12.1 Å². The third kappa shape index (κ3) is 5.02. The van der Waals surface area contributed by atoms with Crippen LogP contribution in [0.2, 0.25) is 0 Å². The summed E-state index contributed by atoms with van der Waals surface area (Å²) in [6, 6.07) is 6.20. The molecule has 0 fully saturated rings. The summed E-state index contributed by atoms with van der Waals surface area (Å²) in [5, 5.41) is 2.13. The number of alkyl halides is 3. The summed E-state index contributed by atoms with van der Waals surface area (Å²) in [4.78, 5) is 28.3. The molecule has 0 saturated carbocycles. The molecule has 0 aliphatic rings. The monoisotopic (exact) mass is 423 g/mol. The summed E-state index contributed by atoms with van der Waals surface area (Å²) >= 11 is 1.21. The molecule has 0 spiro atoms. The van der Waals surface area contributed by atoms with E-state index in [0.29, 0.717) is 33.3 Å². The number of nitrogens with one attached hydrogen (secondary N) is 2. The first-order valence-corrected chi connectivity index (χ1v) is 9.29. The van der Waals surface area contributed by atoms with Crippen molar-refractivity contribution in [2.24, 2.45) is 0 Å². The van der Waals surface area contributed by atoms with Gasteiger partial charge in [-0.3, -0.25) is 20.4 Å². The molecule has 2 aromatic heterocycles. The van der Waals surface area contributed by atoms with Gasteiger partial charge >= 0.3 is 6.18 Å². The lowest BCUT2D eigenvalue weighted by molar-refractivity contribution is -0.137. The van der Waals surface area contributed by atoms with Crippen LogP contribution in [0, 0.1) is 13.8 Å². The Labute approximate surface area is 167 Å². The van der Waals surface area contributed by atoms with E-state index >= 15 is 0 Å². The Kier molecular flexibility index (Phi) is 5.73. The van der Waals surface area contributed by atoms with Gasteiger partial charge in [0, 0.05) is 10.9 Å². The van der Waals surface area contributed by atoms with Crippen LogP contribution < -0.4 is 10.9 Å². The first-order chi connectivity index (χ1) is 13.6. The van der Waals surface area contributed by atoms with E-state index in [1.54, 1.807) is 25.3 Å². The van der Waals surface area contributed by atoms with Gasteiger partial charge in [0.2, 0.25) is 5.91 Å². The molecule has 0 aliphatic carbocycles. The molecule has 0 unspecified atom stereocenters. The first-order valence-electron chi connectivity index (χ1n) is 8.41. The predicted molar refractivity (Wildman–Crippen MR) is 100 cm³/mol. The van der Waals surface area contributed by atoms with Gasteiger partial charge in [0.1, 0.15) is 16.5 Å². The van der Waals surface area contributed by atoms with Crippen LogP contribution in [-0.4, -0.2) is 16.8 Å². The van der Waals surface area contributed by atoms with Gasteiger partial charge < -0.3 is 4.42 Å². The molecule has 3 rings (SSSR count). The van der Waals surface area contributed by atoms with E-state index in [-0.39, 0.29) is 6.42 Å². The molecular weight excluding hydrogens is 407 g/mol. The number of halogens is 3. The van der Waals surface area contributed by atoms with Gasteiger partial charge in [-0.15, -0.1) is 11.3 Å². The zero-order valence-corrected chi connectivity index (χ0v) is 16.2. The van der Waals surface area contributed by atoms with E-state index in [1.165, 1.54) is 23.5 Å². The molecule has 152 valence electrons. The molecule has 0 saturated heterocycles. The molecule has 2 amide bonds. The zero-order valence-electron chi connectivity index (χ0n) is 15.4. The molecule has 29 heavy (non-hydrogen) atoms. The smallest absolute Gasteiger partial charge is 0.416 e. The minimum Gasteiger partial charge on any atom is -0.466 e. The Morgan fingerprint density at radius 2 is 1.83 bits per heavy atom. The molecule has 2 N–H and O–H groups in total. The second-order valence-corrected chi connectivity index (χ2v) is 7.08. The molecule has 2 heterocycles. The third-order valence-electron chi connectivity index (χ3n) is 3.95. The topological polar surface area (TPSA) is 84.2 Å². The zero-order chi connectivity index (χ0) is 21.2. The number of hydrogen-bond acceptors (Lipinski definition) is 5. The summed E-state index contributed by atoms with van der Waals surface area (Å²) in [5.74, 6) is 0.0316. The van der Waals surface area contributed by atoms with Crippen LogP contribution in [0.15, 0.2) is 40.1 Å².